The van der Waals surface area contributed by atoms with E-state index in [0.717, 1.165) is 13.0 Å². The number of carbonyl (C=O) groups excluding carboxylic acids is 3. The summed E-state index contributed by atoms with van der Waals surface area (Å²) in [7, 11) is 0. The first kappa shape index (κ1) is 28.4. The Labute approximate surface area is 200 Å². The second-order valence-corrected chi connectivity index (χ2v) is 6.93. The minimum absolute atomic E-state index is 0. The molecule has 175 valence electrons. The first-order valence-electron chi connectivity index (χ1n) is 9.49. The fourth-order valence-electron chi connectivity index (χ4n) is 3.14. The van der Waals surface area contributed by atoms with E-state index in [4.69, 9.17) is 5.73 Å². The molecule has 0 unspecified atom stereocenters. The van der Waals surface area contributed by atoms with Crippen molar-refractivity contribution < 1.29 is 66.6 Å². The van der Waals surface area contributed by atoms with E-state index in [9.17, 15) is 29.7 Å². The predicted molar refractivity (Wildman–Crippen MR) is 94.5 cm³/mol. The van der Waals surface area contributed by atoms with Crippen molar-refractivity contribution in [2.24, 2.45) is 5.73 Å². The molecule has 0 spiro atoms. The van der Waals surface area contributed by atoms with Gasteiger partial charge in [-0.05, 0) is 19.5 Å². The third-order valence-electron chi connectivity index (χ3n) is 4.67. The van der Waals surface area contributed by atoms with Crippen LogP contribution in [-0.4, -0.2) is 123 Å². The number of nitrogens with zero attached hydrogens (tertiary/aromatic N) is 4. The first-order chi connectivity index (χ1) is 13.3. The fraction of sp³-hybridized carbons (Fsp3) is 0.824. The topological polar surface area (TPSA) is 159 Å². The van der Waals surface area contributed by atoms with E-state index in [1.165, 1.54) is 0 Å². The molecule has 2 N–H and O–H groups in total. The van der Waals surface area contributed by atoms with Crippen molar-refractivity contribution in [1.29, 1.82) is 0 Å². The first-order valence-corrected chi connectivity index (χ1v) is 9.49. The third kappa shape index (κ3) is 14.1. The van der Waals surface area contributed by atoms with Crippen LogP contribution in [0.2, 0.25) is 0 Å². The predicted octanol–water partition coefficient (Wildman–Crippen LogP) is -6.19. The monoisotopic (exact) mass is 569 g/mol. The number of hydrogen-bond donors (Lipinski definition) is 1. The van der Waals surface area contributed by atoms with Gasteiger partial charge >= 0.3 is 0 Å². The Hall–Kier alpha value is -0.556. The summed E-state index contributed by atoms with van der Waals surface area (Å²) in [5, 5.41) is 33.1. The summed E-state index contributed by atoms with van der Waals surface area (Å²) < 4.78 is 0. The number of rotatable bonds is 9. The maximum absolute atomic E-state index is 11.0. The van der Waals surface area contributed by atoms with Crippen molar-refractivity contribution in [2.45, 2.75) is 6.42 Å². The summed E-state index contributed by atoms with van der Waals surface area (Å²) >= 11 is 0. The van der Waals surface area contributed by atoms with Crippen LogP contribution in [-0.2, 0) is 14.4 Å². The van der Waals surface area contributed by atoms with Crippen LogP contribution >= 0.6 is 0 Å². The van der Waals surface area contributed by atoms with Gasteiger partial charge in [-0.2, -0.15) is 0 Å². The maximum Gasteiger partial charge on any atom is 0.0555 e. The molecule has 12 heteroatoms. The van der Waals surface area contributed by atoms with Crippen LogP contribution in [0.3, 0.4) is 0 Å². The third-order valence-corrected chi connectivity index (χ3v) is 4.67. The van der Waals surface area contributed by atoms with Crippen LogP contribution in [0.5, 0.6) is 0 Å². The van der Waals surface area contributed by atoms with Gasteiger partial charge < -0.3 is 40.3 Å². The number of nitrogens with two attached hydrogens (primary N) is 1. The normalized spacial score (nSPS) is 18.9. The Morgan fingerprint density at radius 2 is 0.897 bits per heavy atom. The molecule has 0 saturated carbocycles. The molecule has 0 bridgehead atoms. The largest absolute Gasteiger partial charge is 0.549 e. The van der Waals surface area contributed by atoms with Crippen LogP contribution in [0.15, 0.2) is 0 Å². The molecule has 1 aliphatic rings. The van der Waals surface area contributed by atoms with Gasteiger partial charge in [0, 0.05) is 109 Å². The number of hydrogen-bond acceptors (Lipinski definition) is 11. The second kappa shape index (κ2) is 16.2. The molecule has 0 amide bonds. The average molecular weight is 569 g/mol. The fourth-order valence-corrected chi connectivity index (χ4v) is 3.14. The standard InChI is InChI=1S/C17H33N5O6.Tm/c18-2-1-3-19-4-6-20(12-15(23)24)8-10-22(14-17(27)28)11-9-21(7-5-19)13-16(25)26;/h1-14,18H2,(H,23,24)(H,25,26)(H,27,28);/p-3. The zero-order chi connectivity index (χ0) is 20.9. The minimum Gasteiger partial charge on any atom is -0.549 e. The molecule has 1 radical (unpaired) electrons. The van der Waals surface area contributed by atoms with Crippen molar-refractivity contribution in [3.63, 3.8) is 0 Å². The smallest absolute Gasteiger partial charge is 0.0555 e. The molecule has 29 heavy (non-hydrogen) atoms. The van der Waals surface area contributed by atoms with Gasteiger partial charge in [-0.1, -0.05) is 0 Å². The molecule has 1 fully saturated rings. The van der Waals surface area contributed by atoms with E-state index in [0.29, 0.717) is 58.9 Å². The van der Waals surface area contributed by atoms with Crippen LogP contribution < -0.4 is 21.1 Å². The van der Waals surface area contributed by atoms with Crippen molar-refractivity contribution in [3.8, 4) is 0 Å². The Kier molecular flexibility index (Phi) is 15.9. The summed E-state index contributed by atoms with van der Waals surface area (Å²) in [4.78, 5) is 40.2. The van der Waals surface area contributed by atoms with Crippen LogP contribution in [0.25, 0.3) is 0 Å². The number of carboxylic acid groups (broad SMARTS) is 3. The summed E-state index contributed by atoms with van der Waals surface area (Å²) in [6, 6.07) is 0. The molecule has 1 aliphatic heterocycles. The van der Waals surface area contributed by atoms with E-state index in [-0.39, 0.29) is 56.5 Å². The van der Waals surface area contributed by atoms with Crippen LogP contribution in [0, 0.1) is 36.9 Å². The van der Waals surface area contributed by atoms with E-state index >= 15 is 0 Å². The molecule has 0 atom stereocenters. The Morgan fingerprint density at radius 3 is 1.14 bits per heavy atom. The van der Waals surface area contributed by atoms with Gasteiger partial charge in [0.25, 0.3) is 0 Å². The van der Waals surface area contributed by atoms with Gasteiger partial charge in [0.2, 0.25) is 0 Å². The SMILES string of the molecule is NCCCN1CCN(CC(=O)[O-])CCN(CC(=O)[O-])CCN(CC(=O)[O-])CC1.[Tm]. The maximum atomic E-state index is 11.0. The molecular weight excluding hydrogens is 539 g/mol. The molecular formula is C17H30N5O6Tm-3. The van der Waals surface area contributed by atoms with Gasteiger partial charge in [-0.25, -0.2) is 0 Å². The summed E-state index contributed by atoms with van der Waals surface area (Å²) in [5.74, 6) is -3.61. The van der Waals surface area contributed by atoms with Crippen molar-refractivity contribution >= 4 is 17.9 Å². The van der Waals surface area contributed by atoms with Crippen molar-refractivity contribution in [2.75, 3.05) is 85.1 Å². The molecule has 1 saturated heterocycles. The molecule has 0 aromatic rings. The van der Waals surface area contributed by atoms with Crippen molar-refractivity contribution in [1.82, 2.24) is 19.6 Å². The molecule has 0 aliphatic carbocycles. The average Bonchev–Trinajstić information content (AvgIpc) is 2.59. The summed E-state index contributed by atoms with van der Waals surface area (Å²) in [6.07, 6.45) is 0.778. The molecule has 0 aromatic heterocycles. The zero-order valence-electron chi connectivity index (χ0n) is 16.5. The number of carbonyl (C=O) groups is 3. The summed E-state index contributed by atoms with van der Waals surface area (Å²) in [5.41, 5.74) is 5.58. The number of aliphatic carboxylic acids is 3. The Bertz CT molecular complexity index is 481. The quantitative estimate of drug-likeness (QED) is 0.282. The van der Waals surface area contributed by atoms with E-state index in [2.05, 4.69) is 4.90 Å². The minimum atomic E-state index is -1.24. The Morgan fingerprint density at radius 1 is 0.621 bits per heavy atom. The molecule has 0 aromatic carbocycles. The van der Waals surface area contributed by atoms with E-state index in [1.54, 1.807) is 14.7 Å². The van der Waals surface area contributed by atoms with E-state index < -0.39 is 17.9 Å². The van der Waals surface area contributed by atoms with Gasteiger partial charge in [0.05, 0.1) is 17.9 Å². The van der Waals surface area contributed by atoms with E-state index in [1.807, 2.05) is 0 Å². The summed E-state index contributed by atoms with van der Waals surface area (Å²) in [6.45, 7) is 3.95. The Balaban J connectivity index is 0.00000784. The molecule has 1 heterocycles. The second-order valence-electron chi connectivity index (χ2n) is 6.93. The zero-order valence-corrected chi connectivity index (χ0v) is 18.3. The van der Waals surface area contributed by atoms with Crippen LogP contribution in [0.4, 0.5) is 0 Å². The van der Waals surface area contributed by atoms with Crippen molar-refractivity contribution in [3.05, 3.63) is 0 Å². The van der Waals surface area contributed by atoms with Gasteiger partial charge in [0.15, 0.2) is 0 Å². The van der Waals surface area contributed by atoms with Gasteiger partial charge in [-0.15, -0.1) is 0 Å². The van der Waals surface area contributed by atoms with Crippen LogP contribution in [0.1, 0.15) is 6.42 Å². The molecule has 11 nitrogen and oxygen atoms in total. The number of carboxylic acids is 3. The van der Waals surface area contributed by atoms with Gasteiger partial charge in [0.1, 0.15) is 0 Å². The van der Waals surface area contributed by atoms with Gasteiger partial charge in [-0.3, -0.25) is 14.7 Å². The molecule has 1 rings (SSSR count).